The van der Waals surface area contributed by atoms with Crippen LogP contribution < -0.4 is 5.32 Å². The number of pyridine rings is 1. The molecule has 0 saturated carbocycles. The number of nitrogens with one attached hydrogen (secondary N) is 1. The quantitative estimate of drug-likeness (QED) is 0.690. The van der Waals surface area contributed by atoms with Gasteiger partial charge in [0, 0.05) is 18.5 Å². The fraction of sp³-hybridized carbons (Fsp3) is 0.400. The summed E-state index contributed by atoms with van der Waals surface area (Å²) in [6.07, 6.45) is 4.65. The highest BCUT2D eigenvalue weighted by molar-refractivity contribution is 5.95. The van der Waals surface area contributed by atoms with Gasteiger partial charge in [-0.1, -0.05) is 18.2 Å². The molecule has 1 aliphatic heterocycles. The molecule has 1 unspecified atom stereocenters. The molecule has 1 fully saturated rings. The number of hydrogen-bond donors (Lipinski definition) is 1. The number of anilines is 1. The minimum Gasteiger partial charge on any atom is -0.376 e. The van der Waals surface area contributed by atoms with Crippen molar-refractivity contribution in [2.75, 3.05) is 18.5 Å². The zero-order valence-corrected chi connectivity index (χ0v) is 11.6. The van der Waals surface area contributed by atoms with Crippen molar-refractivity contribution in [3.63, 3.8) is 0 Å². The van der Waals surface area contributed by atoms with Gasteiger partial charge in [-0.2, -0.15) is 0 Å². The number of nitrogens with zero attached hydrogens (tertiary/aromatic N) is 2. The van der Waals surface area contributed by atoms with Crippen LogP contribution in [-0.4, -0.2) is 29.2 Å². The van der Waals surface area contributed by atoms with Crippen molar-refractivity contribution >= 4 is 22.3 Å². The monoisotopic (exact) mass is 287 g/mol. The first-order valence-corrected chi connectivity index (χ1v) is 7.13. The van der Waals surface area contributed by atoms with Gasteiger partial charge in [-0.25, -0.2) is 4.98 Å². The summed E-state index contributed by atoms with van der Waals surface area (Å²) < 4.78 is 5.66. The third-order valence-electron chi connectivity index (χ3n) is 3.73. The highest BCUT2D eigenvalue weighted by Crippen LogP contribution is 2.31. The van der Waals surface area contributed by atoms with Crippen LogP contribution in [0.3, 0.4) is 0 Å². The summed E-state index contributed by atoms with van der Waals surface area (Å²) in [5.41, 5.74) is 1.28. The van der Waals surface area contributed by atoms with E-state index < -0.39 is 4.92 Å². The molecule has 21 heavy (non-hydrogen) atoms. The Kier molecular flexibility index (Phi) is 3.96. The van der Waals surface area contributed by atoms with Crippen molar-refractivity contribution in [1.29, 1.82) is 0 Å². The van der Waals surface area contributed by atoms with Crippen LogP contribution in [0, 0.1) is 10.1 Å². The maximum Gasteiger partial charge on any atom is 0.311 e. The molecule has 0 bridgehead atoms. The number of benzene rings is 1. The largest absolute Gasteiger partial charge is 0.376 e. The first-order valence-electron chi connectivity index (χ1n) is 7.13. The molecule has 6 nitrogen and oxygen atoms in total. The van der Waals surface area contributed by atoms with E-state index in [0.717, 1.165) is 36.8 Å². The Balaban J connectivity index is 1.90. The van der Waals surface area contributed by atoms with E-state index in [2.05, 4.69) is 10.3 Å². The lowest BCUT2D eigenvalue weighted by atomic mass is 10.1. The van der Waals surface area contributed by atoms with E-state index in [9.17, 15) is 10.1 Å². The van der Waals surface area contributed by atoms with Crippen LogP contribution in [-0.2, 0) is 4.74 Å². The molecule has 6 heteroatoms. The Labute approximate surface area is 122 Å². The van der Waals surface area contributed by atoms with Crippen molar-refractivity contribution in [2.24, 2.45) is 0 Å². The van der Waals surface area contributed by atoms with Crippen molar-refractivity contribution in [1.82, 2.24) is 4.98 Å². The molecule has 0 radical (unpaired) electrons. The van der Waals surface area contributed by atoms with Crippen LogP contribution in [0.4, 0.5) is 11.4 Å². The van der Waals surface area contributed by atoms with Crippen LogP contribution in [0.5, 0.6) is 0 Å². The van der Waals surface area contributed by atoms with E-state index in [1.165, 1.54) is 6.20 Å². The zero-order valence-electron chi connectivity index (χ0n) is 11.6. The average Bonchev–Trinajstić information content (AvgIpc) is 2.53. The Morgan fingerprint density at radius 1 is 1.38 bits per heavy atom. The van der Waals surface area contributed by atoms with E-state index in [0.29, 0.717) is 12.2 Å². The van der Waals surface area contributed by atoms with E-state index >= 15 is 0 Å². The second kappa shape index (κ2) is 6.05. The molecule has 0 spiro atoms. The lowest BCUT2D eigenvalue weighted by molar-refractivity contribution is -0.384. The second-order valence-corrected chi connectivity index (χ2v) is 5.16. The number of rotatable bonds is 4. The van der Waals surface area contributed by atoms with Gasteiger partial charge in [0.05, 0.1) is 16.5 Å². The third kappa shape index (κ3) is 2.95. The van der Waals surface area contributed by atoms with E-state index in [1.807, 2.05) is 24.3 Å². The van der Waals surface area contributed by atoms with Crippen LogP contribution in [0.1, 0.15) is 19.3 Å². The standard InChI is InChI=1S/C15H17N3O3/c19-18(20)14-10-16-13-7-2-1-6-12(13)15(14)17-9-11-5-3-4-8-21-11/h1-2,6-7,10-11H,3-5,8-9H2,(H,16,17). The Morgan fingerprint density at radius 3 is 3.00 bits per heavy atom. The molecule has 1 aliphatic rings. The smallest absolute Gasteiger partial charge is 0.311 e. The van der Waals surface area contributed by atoms with Gasteiger partial charge in [-0.15, -0.1) is 0 Å². The summed E-state index contributed by atoms with van der Waals surface area (Å²) in [5, 5.41) is 15.2. The van der Waals surface area contributed by atoms with Crippen molar-refractivity contribution in [3.8, 4) is 0 Å². The van der Waals surface area contributed by atoms with E-state index in [4.69, 9.17) is 4.74 Å². The first kappa shape index (κ1) is 13.8. The normalized spacial score (nSPS) is 18.6. The maximum atomic E-state index is 11.2. The number of fused-ring (bicyclic) bond motifs is 1. The summed E-state index contributed by atoms with van der Waals surface area (Å²) in [4.78, 5) is 15.0. The molecular formula is C15H17N3O3. The minimum absolute atomic E-state index is 0.00418. The molecule has 1 N–H and O–H groups in total. The van der Waals surface area contributed by atoms with Gasteiger partial charge in [-0.3, -0.25) is 10.1 Å². The van der Waals surface area contributed by atoms with Crippen LogP contribution in [0.15, 0.2) is 30.5 Å². The average molecular weight is 287 g/mol. The maximum absolute atomic E-state index is 11.2. The molecule has 1 atom stereocenters. The number of para-hydroxylation sites is 1. The molecule has 3 rings (SSSR count). The fourth-order valence-electron chi connectivity index (χ4n) is 2.64. The van der Waals surface area contributed by atoms with Gasteiger partial charge in [0.25, 0.3) is 0 Å². The van der Waals surface area contributed by atoms with Gasteiger partial charge in [-0.05, 0) is 25.3 Å². The predicted molar refractivity (Wildman–Crippen MR) is 80.5 cm³/mol. The third-order valence-corrected chi connectivity index (χ3v) is 3.73. The molecule has 1 saturated heterocycles. The summed E-state index contributed by atoms with van der Waals surface area (Å²) in [6, 6.07) is 7.42. The number of ether oxygens (including phenoxy) is 1. The van der Waals surface area contributed by atoms with Gasteiger partial charge in [0.15, 0.2) is 0 Å². The summed E-state index contributed by atoms with van der Waals surface area (Å²) in [6.45, 7) is 1.35. The van der Waals surface area contributed by atoms with Crippen LogP contribution in [0.25, 0.3) is 10.9 Å². The van der Waals surface area contributed by atoms with Crippen molar-refractivity contribution < 1.29 is 9.66 Å². The minimum atomic E-state index is -0.399. The van der Waals surface area contributed by atoms with Crippen molar-refractivity contribution in [3.05, 3.63) is 40.6 Å². The highest BCUT2D eigenvalue weighted by atomic mass is 16.6. The summed E-state index contributed by atoms with van der Waals surface area (Å²) in [7, 11) is 0. The van der Waals surface area contributed by atoms with Gasteiger partial charge >= 0.3 is 5.69 Å². The summed E-state index contributed by atoms with van der Waals surface area (Å²) >= 11 is 0. The zero-order chi connectivity index (χ0) is 14.7. The molecular weight excluding hydrogens is 270 g/mol. The molecule has 0 amide bonds. The SMILES string of the molecule is O=[N+]([O-])c1cnc2ccccc2c1NCC1CCCCO1. The summed E-state index contributed by atoms with van der Waals surface area (Å²) in [5.74, 6) is 0. The van der Waals surface area contributed by atoms with E-state index in [1.54, 1.807) is 0 Å². The Hall–Kier alpha value is -2.21. The number of aromatic nitrogens is 1. The van der Waals surface area contributed by atoms with Crippen LogP contribution >= 0.6 is 0 Å². The fourth-order valence-corrected chi connectivity index (χ4v) is 2.64. The number of nitro groups is 1. The van der Waals surface area contributed by atoms with Gasteiger partial charge in [0.1, 0.15) is 11.9 Å². The lowest BCUT2D eigenvalue weighted by Crippen LogP contribution is -2.27. The highest BCUT2D eigenvalue weighted by Gasteiger charge is 2.20. The Bertz CT molecular complexity index is 654. The lowest BCUT2D eigenvalue weighted by Gasteiger charge is -2.23. The second-order valence-electron chi connectivity index (χ2n) is 5.16. The van der Waals surface area contributed by atoms with Gasteiger partial charge < -0.3 is 10.1 Å². The topological polar surface area (TPSA) is 77.3 Å². The Morgan fingerprint density at radius 2 is 2.24 bits per heavy atom. The molecule has 1 aromatic carbocycles. The number of hydrogen-bond acceptors (Lipinski definition) is 5. The molecule has 2 aromatic rings. The first-order chi connectivity index (χ1) is 10.3. The molecule has 2 heterocycles. The molecule has 110 valence electrons. The van der Waals surface area contributed by atoms with E-state index in [-0.39, 0.29) is 11.8 Å². The molecule has 0 aliphatic carbocycles. The predicted octanol–water partition coefficient (Wildman–Crippen LogP) is 3.12. The van der Waals surface area contributed by atoms with Crippen molar-refractivity contribution in [2.45, 2.75) is 25.4 Å². The molecule has 1 aromatic heterocycles. The van der Waals surface area contributed by atoms with Gasteiger partial charge in [0.2, 0.25) is 0 Å². The van der Waals surface area contributed by atoms with Crippen LogP contribution in [0.2, 0.25) is 0 Å².